The molecule has 0 aromatic heterocycles. The van der Waals surface area contributed by atoms with Crippen LogP contribution in [0.1, 0.15) is 27.2 Å². The minimum Gasteiger partial charge on any atom is -0.389 e. The normalized spacial score (nSPS) is 11.6. The van der Waals surface area contributed by atoms with E-state index in [-0.39, 0.29) is 0 Å². The summed E-state index contributed by atoms with van der Waals surface area (Å²) in [6.45, 7) is 7.37. The van der Waals surface area contributed by atoms with Crippen LogP contribution in [0, 0.1) is 0 Å². The zero-order valence-corrected chi connectivity index (χ0v) is 5.99. The van der Waals surface area contributed by atoms with Crippen molar-refractivity contribution in [3.8, 4) is 0 Å². The second-order valence-electron chi connectivity index (χ2n) is 1.90. The Bertz CT molecular complexity index is 74.5. The molecule has 8 heavy (non-hydrogen) atoms. The highest BCUT2D eigenvalue weighted by Crippen LogP contribution is 1.83. The molecule has 0 saturated heterocycles. The molecule has 0 aliphatic rings. The fraction of sp³-hybridized carbons (Fsp3) is 0.714. The molecule has 1 nitrogen and oxygen atoms in total. The first-order valence-corrected chi connectivity index (χ1v) is 3.18. The van der Waals surface area contributed by atoms with Crippen molar-refractivity contribution in [2.75, 3.05) is 6.54 Å². The van der Waals surface area contributed by atoms with Crippen molar-refractivity contribution in [2.45, 2.75) is 27.2 Å². The lowest BCUT2D eigenvalue weighted by Gasteiger charge is -2.01. The number of nitrogens with one attached hydrogen (secondary N) is 1. The molecule has 0 bridgehead atoms. The van der Waals surface area contributed by atoms with Crippen molar-refractivity contribution in [1.29, 1.82) is 0 Å². The van der Waals surface area contributed by atoms with Crippen LogP contribution in [0.5, 0.6) is 0 Å². The van der Waals surface area contributed by atoms with Crippen LogP contribution in [-0.4, -0.2) is 6.54 Å². The summed E-state index contributed by atoms with van der Waals surface area (Å²) in [5.41, 5.74) is 1.27. The van der Waals surface area contributed by atoms with Crippen LogP contribution in [0.25, 0.3) is 0 Å². The second-order valence-corrected chi connectivity index (χ2v) is 1.90. The summed E-state index contributed by atoms with van der Waals surface area (Å²) >= 11 is 0. The third-order valence-electron chi connectivity index (χ3n) is 1.09. The van der Waals surface area contributed by atoms with Crippen molar-refractivity contribution in [3.63, 3.8) is 0 Å². The fourth-order valence-electron chi connectivity index (χ4n) is 0.424. The van der Waals surface area contributed by atoms with Crippen molar-refractivity contribution in [2.24, 2.45) is 0 Å². The fourth-order valence-corrected chi connectivity index (χ4v) is 0.424. The number of allylic oxidation sites excluding steroid dienone is 2. The van der Waals surface area contributed by atoms with Gasteiger partial charge in [-0.2, -0.15) is 0 Å². The molecule has 0 saturated carbocycles. The molecule has 0 unspecified atom stereocenters. The van der Waals surface area contributed by atoms with Gasteiger partial charge in [-0.15, -0.1) is 0 Å². The Balaban J connectivity index is 3.12. The summed E-state index contributed by atoms with van der Waals surface area (Å²) in [5, 5.41) is 3.24. The molecule has 0 heterocycles. The largest absolute Gasteiger partial charge is 0.389 e. The predicted octanol–water partition coefficient (Wildman–Crippen LogP) is 1.91. The first kappa shape index (κ1) is 7.54. The van der Waals surface area contributed by atoms with Gasteiger partial charge in [-0.1, -0.05) is 13.0 Å². The van der Waals surface area contributed by atoms with E-state index in [1.807, 2.05) is 6.92 Å². The summed E-state index contributed by atoms with van der Waals surface area (Å²) in [5.74, 6) is 0. The molecule has 0 radical (unpaired) electrons. The average Bonchev–Trinajstić information content (AvgIpc) is 1.83. The molecule has 48 valence electrons. The van der Waals surface area contributed by atoms with Crippen LogP contribution in [0.4, 0.5) is 0 Å². The van der Waals surface area contributed by atoms with Gasteiger partial charge in [0.1, 0.15) is 0 Å². The van der Waals surface area contributed by atoms with Crippen LogP contribution >= 0.6 is 0 Å². The molecule has 0 aliphatic heterocycles. The minimum atomic E-state index is 1.09. The lowest BCUT2D eigenvalue weighted by Crippen LogP contribution is -2.10. The highest BCUT2D eigenvalue weighted by molar-refractivity contribution is 4.91. The minimum absolute atomic E-state index is 1.09. The molecule has 1 heteroatoms. The number of rotatable bonds is 3. The van der Waals surface area contributed by atoms with E-state index >= 15 is 0 Å². The van der Waals surface area contributed by atoms with E-state index in [0.717, 1.165) is 6.54 Å². The Kier molecular flexibility index (Phi) is 4.42. The van der Waals surface area contributed by atoms with E-state index in [1.165, 1.54) is 12.1 Å². The molecular weight excluding hydrogens is 98.1 g/mol. The van der Waals surface area contributed by atoms with Crippen LogP contribution in [0.2, 0.25) is 0 Å². The smallest absolute Gasteiger partial charge is 0.0141 e. The van der Waals surface area contributed by atoms with E-state index in [0.29, 0.717) is 0 Å². The van der Waals surface area contributed by atoms with Crippen molar-refractivity contribution >= 4 is 0 Å². The Hall–Kier alpha value is -0.460. The van der Waals surface area contributed by atoms with E-state index < -0.39 is 0 Å². The van der Waals surface area contributed by atoms with Crippen LogP contribution in [0.15, 0.2) is 11.8 Å². The van der Waals surface area contributed by atoms with E-state index in [1.54, 1.807) is 0 Å². The average molecular weight is 113 g/mol. The van der Waals surface area contributed by atoms with Gasteiger partial charge in [0.05, 0.1) is 0 Å². The number of hydrogen-bond acceptors (Lipinski definition) is 1. The third-order valence-corrected chi connectivity index (χ3v) is 1.09. The highest BCUT2D eigenvalue weighted by Gasteiger charge is 1.79. The summed E-state index contributed by atoms with van der Waals surface area (Å²) in [6, 6.07) is 0. The first-order valence-electron chi connectivity index (χ1n) is 3.18. The lowest BCUT2D eigenvalue weighted by atomic mass is 10.4. The molecule has 0 rings (SSSR count). The van der Waals surface area contributed by atoms with Crippen molar-refractivity contribution in [1.82, 2.24) is 5.32 Å². The summed E-state index contributed by atoms with van der Waals surface area (Å²) < 4.78 is 0. The van der Waals surface area contributed by atoms with E-state index in [2.05, 4.69) is 25.2 Å². The SMILES string of the molecule is C/C=C(/C)NCCC. The molecule has 0 amide bonds. The zero-order chi connectivity index (χ0) is 6.41. The monoisotopic (exact) mass is 113 g/mol. The van der Waals surface area contributed by atoms with Gasteiger partial charge >= 0.3 is 0 Å². The maximum atomic E-state index is 3.24. The van der Waals surface area contributed by atoms with Gasteiger partial charge in [0.2, 0.25) is 0 Å². The van der Waals surface area contributed by atoms with Crippen molar-refractivity contribution in [3.05, 3.63) is 11.8 Å². The Labute approximate surface area is 51.8 Å². The standard InChI is InChI=1S/C7H15N/c1-4-6-8-7(3)5-2/h5,8H,4,6H2,1-3H3/b7-5-. The summed E-state index contributed by atoms with van der Waals surface area (Å²) in [4.78, 5) is 0. The van der Waals surface area contributed by atoms with Gasteiger partial charge in [0, 0.05) is 12.2 Å². The van der Waals surface area contributed by atoms with E-state index in [4.69, 9.17) is 0 Å². The molecule has 1 N–H and O–H groups in total. The quantitative estimate of drug-likeness (QED) is 0.589. The number of hydrogen-bond donors (Lipinski definition) is 1. The zero-order valence-electron chi connectivity index (χ0n) is 5.99. The van der Waals surface area contributed by atoms with Gasteiger partial charge in [0.25, 0.3) is 0 Å². The molecule has 0 aliphatic carbocycles. The van der Waals surface area contributed by atoms with Crippen molar-refractivity contribution < 1.29 is 0 Å². The topological polar surface area (TPSA) is 12.0 Å². The highest BCUT2D eigenvalue weighted by atomic mass is 14.9. The van der Waals surface area contributed by atoms with Gasteiger partial charge in [0.15, 0.2) is 0 Å². The van der Waals surface area contributed by atoms with Crippen LogP contribution in [-0.2, 0) is 0 Å². The third kappa shape index (κ3) is 3.72. The Morgan fingerprint density at radius 3 is 2.62 bits per heavy atom. The molecule has 0 atom stereocenters. The van der Waals surface area contributed by atoms with Gasteiger partial charge < -0.3 is 5.32 Å². The summed E-state index contributed by atoms with van der Waals surface area (Å²) in [6.07, 6.45) is 3.28. The molecule has 0 fully saturated rings. The van der Waals surface area contributed by atoms with Gasteiger partial charge in [-0.25, -0.2) is 0 Å². The molecular formula is C7H15N. The second kappa shape index (κ2) is 4.69. The van der Waals surface area contributed by atoms with Crippen LogP contribution < -0.4 is 5.32 Å². The maximum Gasteiger partial charge on any atom is 0.0141 e. The predicted molar refractivity (Wildman–Crippen MR) is 37.7 cm³/mol. The summed E-state index contributed by atoms with van der Waals surface area (Å²) in [7, 11) is 0. The maximum absolute atomic E-state index is 3.24. The lowest BCUT2D eigenvalue weighted by molar-refractivity contribution is 0.768. The molecule has 0 spiro atoms. The van der Waals surface area contributed by atoms with Crippen LogP contribution in [0.3, 0.4) is 0 Å². The first-order chi connectivity index (χ1) is 3.81. The molecule has 0 aromatic rings. The van der Waals surface area contributed by atoms with Gasteiger partial charge in [-0.05, 0) is 20.3 Å². The Morgan fingerprint density at radius 2 is 2.25 bits per heavy atom. The van der Waals surface area contributed by atoms with E-state index in [9.17, 15) is 0 Å². The van der Waals surface area contributed by atoms with Gasteiger partial charge in [-0.3, -0.25) is 0 Å². The molecule has 0 aromatic carbocycles. The Morgan fingerprint density at radius 1 is 1.62 bits per heavy atom.